The van der Waals surface area contributed by atoms with Gasteiger partial charge in [0.2, 0.25) is 0 Å². The number of ether oxygens (including phenoxy) is 2. The number of hydrogen-bond acceptors (Lipinski definition) is 5. The second-order valence-corrected chi connectivity index (χ2v) is 9.98. The van der Waals surface area contributed by atoms with Crippen LogP contribution in [-0.4, -0.2) is 22.7 Å². The molecular weight excluding hydrogens is 525 g/mol. The van der Waals surface area contributed by atoms with Gasteiger partial charge >= 0.3 is 0 Å². The molecule has 5 rings (SSSR count). The fourth-order valence-electron chi connectivity index (χ4n) is 4.12. The maximum Gasteiger partial charge on any atom is 0.293 e. The van der Waals surface area contributed by atoms with Crippen LogP contribution in [0.25, 0.3) is 16.8 Å². The minimum absolute atomic E-state index is 0.101. The Balaban J connectivity index is 1.33. The normalized spacial score (nSPS) is 14.5. The molecule has 38 heavy (non-hydrogen) atoms. The van der Waals surface area contributed by atoms with Crippen LogP contribution in [0.1, 0.15) is 23.6 Å². The van der Waals surface area contributed by atoms with Crippen molar-refractivity contribution in [3.05, 3.63) is 111 Å². The minimum atomic E-state index is -0.568. The lowest BCUT2D eigenvalue weighted by Gasteiger charge is -2.14. The zero-order valence-corrected chi connectivity index (χ0v) is 22.0. The van der Waals surface area contributed by atoms with Crippen molar-refractivity contribution in [3.63, 3.8) is 0 Å². The maximum absolute atomic E-state index is 14.2. The number of halogens is 2. The number of benzene rings is 4. The molecule has 4 aromatic rings. The Morgan fingerprint density at radius 1 is 0.921 bits per heavy atom. The molecular formula is C30H23ClFNO4S. The lowest BCUT2D eigenvalue weighted by molar-refractivity contribution is -0.123. The number of carbonyl (C=O) groups is 2. The Labute approximate surface area is 228 Å². The molecule has 0 radical (unpaired) electrons. The van der Waals surface area contributed by atoms with E-state index in [-0.39, 0.29) is 22.0 Å². The van der Waals surface area contributed by atoms with E-state index in [1.165, 1.54) is 18.2 Å². The van der Waals surface area contributed by atoms with Crippen LogP contribution in [-0.2, 0) is 17.9 Å². The summed E-state index contributed by atoms with van der Waals surface area (Å²) in [5.74, 6) is 0.0222. The third-order valence-electron chi connectivity index (χ3n) is 6.03. The van der Waals surface area contributed by atoms with Gasteiger partial charge in [-0.3, -0.25) is 14.5 Å². The minimum Gasteiger partial charge on any atom is -0.490 e. The van der Waals surface area contributed by atoms with Gasteiger partial charge < -0.3 is 9.47 Å². The number of nitrogens with zero attached hydrogens (tertiary/aromatic N) is 1. The molecule has 0 N–H and O–H groups in total. The lowest BCUT2D eigenvalue weighted by Crippen LogP contribution is -2.28. The number of thioether (sulfide) groups is 1. The largest absolute Gasteiger partial charge is 0.490 e. The molecule has 1 fully saturated rings. The van der Waals surface area contributed by atoms with E-state index in [2.05, 4.69) is 24.3 Å². The molecule has 0 bridgehead atoms. The van der Waals surface area contributed by atoms with Crippen molar-refractivity contribution in [1.29, 1.82) is 0 Å². The van der Waals surface area contributed by atoms with Crippen LogP contribution in [0.3, 0.4) is 0 Å². The zero-order chi connectivity index (χ0) is 26.6. The summed E-state index contributed by atoms with van der Waals surface area (Å²) in [7, 11) is 0. The number of amides is 2. The van der Waals surface area contributed by atoms with Crippen LogP contribution in [0.15, 0.2) is 83.8 Å². The standard InChI is InChI=1S/C30H23ClFNO4S/c1-2-36-27-15-19(11-13-26(27)37-18-20-10-12-21-6-3-4-7-22(21)14-20)16-28-29(34)33(30(35)38-28)17-23-24(31)8-5-9-25(23)32/h3-16H,2,17-18H2,1H3. The van der Waals surface area contributed by atoms with E-state index < -0.39 is 17.0 Å². The van der Waals surface area contributed by atoms with Gasteiger partial charge in [-0.1, -0.05) is 60.1 Å². The Kier molecular flexibility index (Phi) is 7.67. The van der Waals surface area contributed by atoms with Gasteiger partial charge in [0, 0.05) is 10.6 Å². The second kappa shape index (κ2) is 11.3. The van der Waals surface area contributed by atoms with Gasteiger partial charge in [0.25, 0.3) is 11.1 Å². The molecule has 2 amide bonds. The molecule has 5 nitrogen and oxygen atoms in total. The molecule has 1 saturated heterocycles. The first-order valence-electron chi connectivity index (χ1n) is 12.0. The molecule has 0 aromatic heterocycles. The van der Waals surface area contributed by atoms with Crippen LogP contribution in [0.2, 0.25) is 5.02 Å². The predicted molar refractivity (Wildman–Crippen MR) is 149 cm³/mol. The summed E-state index contributed by atoms with van der Waals surface area (Å²) in [6.07, 6.45) is 1.61. The van der Waals surface area contributed by atoms with Crippen LogP contribution < -0.4 is 9.47 Å². The highest BCUT2D eigenvalue weighted by Gasteiger charge is 2.36. The van der Waals surface area contributed by atoms with E-state index in [1.54, 1.807) is 24.3 Å². The van der Waals surface area contributed by atoms with E-state index in [1.807, 2.05) is 25.1 Å². The molecule has 4 aromatic carbocycles. The predicted octanol–water partition coefficient (Wildman–Crippen LogP) is 7.85. The Hall–Kier alpha value is -3.81. The van der Waals surface area contributed by atoms with E-state index in [0.717, 1.165) is 33.0 Å². The summed E-state index contributed by atoms with van der Waals surface area (Å²) >= 11 is 6.89. The quantitative estimate of drug-likeness (QED) is 0.210. The average Bonchev–Trinajstić information content (AvgIpc) is 3.17. The number of rotatable bonds is 8. The topological polar surface area (TPSA) is 55.8 Å². The van der Waals surface area contributed by atoms with Crippen molar-refractivity contribution < 1.29 is 23.5 Å². The summed E-state index contributed by atoms with van der Waals surface area (Å²) in [5, 5.41) is 1.98. The Bertz CT molecular complexity index is 1550. The van der Waals surface area contributed by atoms with E-state index in [4.69, 9.17) is 21.1 Å². The van der Waals surface area contributed by atoms with Crippen molar-refractivity contribution in [2.45, 2.75) is 20.1 Å². The van der Waals surface area contributed by atoms with Crippen LogP contribution in [0.4, 0.5) is 9.18 Å². The van der Waals surface area contributed by atoms with Gasteiger partial charge in [-0.25, -0.2) is 4.39 Å². The summed E-state index contributed by atoms with van der Waals surface area (Å²) in [4.78, 5) is 26.7. The molecule has 0 spiro atoms. The van der Waals surface area contributed by atoms with Gasteiger partial charge in [-0.15, -0.1) is 0 Å². The van der Waals surface area contributed by atoms with Crippen molar-refractivity contribution >= 4 is 51.4 Å². The number of hydrogen-bond donors (Lipinski definition) is 0. The monoisotopic (exact) mass is 547 g/mol. The summed E-state index contributed by atoms with van der Waals surface area (Å²) in [6.45, 7) is 2.43. The van der Waals surface area contributed by atoms with Crippen molar-refractivity contribution in [2.75, 3.05) is 6.61 Å². The van der Waals surface area contributed by atoms with Gasteiger partial charge in [0.15, 0.2) is 11.5 Å². The van der Waals surface area contributed by atoms with E-state index in [0.29, 0.717) is 30.3 Å². The third kappa shape index (κ3) is 5.54. The molecule has 0 aliphatic carbocycles. The summed E-state index contributed by atoms with van der Waals surface area (Å²) in [6, 6.07) is 23.9. The zero-order valence-electron chi connectivity index (χ0n) is 20.4. The van der Waals surface area contributed by atoms with Gasteiger partial charge in [0.05, 0.1) is 18.1 Å². The van der Waals surface area contributed by atoms with Crippen molar-refractivity contribution in [1.82, 2.24) is 4.90 Å². The Morgan fingerprint density at radius 3 is 2.53 bits per heavy atom. The van der Waals surface area contributed by atoms with Crippen molar-refractivity contribution in [2.24, 2.45) is 0 Å². The molecule has 0 atom stereocenters. The smallest absolute Gasteiger partial charge is 0.293 e. The highest BCUT2D eigenvalue weighted by Crippen LogP contribution is 2.36. The number of fused-ring (bicyclic) bond motifs is 1. The van der Waals surface area contributed by atoms with E-state index >= 15 is 0 Å². The molecule has 0 unspecified atom stereocenters. The van der Waals surface area contributed by atoms with Crippen molar-refractivity contribution in [3.8, 4) is 11.5 Å². The molecule has 192 valence electrons. The first-order chi connectivity index (χ1) is 18.4. The molecule has 1 heterocycles. The molecule has 1 aliphatic heterocycles. The maximum atomic E-state index is 14.2. The van der Waals surface area contributed by atoms with E-state index in [9.17, 15) is 14.0 Å². The highest BCUT2D eigenvalue weighted by atomic mass is 35.5. The summed E-state index contributed by atoms with van der Waals surface area (Å²) in [5.41, 5.74) is 1.80. The average molecular weight is 548 g/mol. The lowest BCUT2D eigenvalue weighted by atomic mass is 10.1. The molecule has 8 heteroatoms. The molecule has 1 aliphatic rings. The fourth-order valence-corrected chi connectivity index (χ4v) is 5.18. The highest BCUT2D eigenvalue weighted by molar-refractivity contribution is 8.18. The third-order valence-corrected chi connectivity index (χ3v) is 7.29. The van der Waals surface area contributed by atoms with Crippen LogP contribution in [0.5, 0.6) is 11.5 Å². The first-order valence-corrected chi connectivity index (χ1v) is 13.2. The van der Waals surface area contributed by atoms with Crippen LogP contribution in [0, 0.1) is 5.82 Å². The number of imide groups is 1. The number of carbonyl (C=O) groups excluding carboxylic acids is 2. The fraction of sp³-hybridized carbons (Fsp3) is 0.133. The first kappa shape index (κ1) is 25.8. The second-order valence-electron chi connectivity index (χ2n) is 8.58. The molecule has 0 saturated carbocycles. The van der Waals surface area contributed by atoms with Gasteiger partial charge in [-0.2, -0.15) is 0 Å². The van der Waals surface area contributed by atoms with Gasteiger partial charge in [0.1, 0.15) is 12.4 Å². The van der Waals surface area contributed by atoms with Gasteiger partial charge in [-0.05, 0) is 77.0 Å². The van der Waals surface area contributed by atoms with Crippen LogP contribution >= 0.6 is 23.4 Å². The SMILES string of the molecule is CCOc1cc(C=C2SC(=O)N(Cc3c(F)cccc3Cl)C2=O)ccc1OCc1ccc2ccccc2c1. The Morgan fingerprint density at radius 2 is 1.74 bits per heavy atom. The summed E-state index contributed by atoms with van der Waals surface area (Å²) < 4.78 is 26.1.